The van der Waals surface area contributed by atoms with Crippen LogP contribution in [0.3, 0.4) is 0 Å². The van der Waals surface area contributed by atoms with Gasteiger partial charge in [0.15, 0.2) is 0 Å². The normalized spacial score (nSPS) is 18.0. The summed E-state index contributed by atoms with van der Waals surface area (Å²) in [7, 11) is 0. The van der Waals surface area contributed by atoms with Gasteiger partial charge in [0, 0.05) is 31.2 Å². The van der Waals surface area contributed by atoms with Gasteiger partial charge < -0.3 is 15.5 Å². The number of likely N-dealkylation sites (tertiary alicyclic amines) is 1. The number of carbonyl (C=O) groups is 2. The lowest BCUT2D eigenvalue weighted by Crippen LogP contribution is -2.43. The van der Waals surface area contributed by atoms with Gasteiger partial charge in [-0.1, -0.05) is 6.08 Å². The Kier molecular flexibility index (Phi) is 5.03. The fraction of sp³-hybridized carbons (Fsp3) is 0.471. The summed E-state index contributed by atoms with van der Waals surface area (Å²) in [5.74, 6) is 0.633. The van der Waals surface area contributed by atoms with E-state index in [-0.39, 0.29) is 23.4 Å². The summed E-state index contributed by atoms with van der Waals surface area (Å²) in [4.78, 5) is 30.0. The number of hydrogen-bond acceptors (Lipinski definition) is 4. The Bertz CT molecular complexity index is 590. The summed E-state index contributed by atoms with van der Waals surface area (Å²) in [5.41, 5.74) is 0.324. The summed E-state index contributed by atoms with van der Waals surface area (Å²) in [6.45, 7) is 10.7. The van der Waals surface area contributed by atoms with Gasteiger partial charge >= 0.3 is 0 Å². The molecule has 1 aliphatic rings. The Morgan fingerprint density at radius 2 is 2.22 bits per heavy atom. The van der Waals surface area contributed by atoms with Crippen molar-refractivity contribution in [1.82, 2.24) is 15.2 Å². The van der Waals surface area contributed by atoms with Crippen LogP contribution in [-0.4, -0.2) is 46.4 Å². The maximum Gasteiger partial charge on any atom is 0.253 e. The van der Waals surface area contributed by atoms with E-state index in [1.165, 1.54) is 6.20 Å². The van der Waals surface area contributed by atoms with E-state index in [4.69, 9.17) is 0 Å². The lowest BCUT2D eigenvalue weighted by atomic mass is 10.1. The summed E-state index contributed by atoms with van der Waals surface area (Å²) in [5, 5.41) is 5.96. The number of aromatic nitrogens is 1. The largest absolute Gasteiger partial charge is 0.365 e. The first-order valence-electron chi connectivity index (χ1n) is 7.73. The highest BCUT2D eigenvalue weighted by Gasteiger charge is 2.36. The molecule has 124 valence electrons. The lowest BCUT2D eigenvalue weighted by Gasteiger charge is -2.32. The van der Waals surface area contributed by atoms with E-state index >= 15 is 0 Å². The Morgan fingerprint density at radius 1 is 1.48 bits per heavy atom. The minimum absolute atomic E-state index is 0.0367. The molecule has 0 spiro atoms. The molecule has 2 amide bonds. The number of nitrogens with zero attached hydrogens (tertiary/aromatic N) is 2. The third kappa shape index (κ3) is 4.31. The van der Waals surface area contributed by atoms with E-state index in [0.717, 1.165) is 0 Å². The number of hydrogen-bond donors (Lipinski definition) is 2. The molecular formula is C17H24N4O2. The topological polar surface area (TPSA) is 74.3 Å². The molecule has 2 N–H and O–H groups in total. The molecule has 2 heterocycles. The standard InChI is InChI=1S/C17H24N4O2/c1-5-8-18-16(23)12-6-7-14(19-10-12)20-13-9-15(22)21(11-13)17(2,3)4/h5-7,10,13H,1,8-9,11H2,2-4H3,(H,18,23)(H,19,20)/t13-/m1/s1. The van der Waals surface area contributed by atoms with Crippen molar-refractivity contribution < 1.29 is 9.59 Å². The third-order valence-electron chi connectivity index (χ3n) is 3.72. The summed E-state index contributed by atoms with van der Waals surface area (Å²) < 4.78 is 0. The highest BCUT2D eigenvalue weighted by Crippen LogP contribution is 2.23. The summed E-state index contributed by atoms with van der Waals surface area (Å²) >= 11 is 0. The van der Waals surface area contributed by atoms with Crippen LogP contribution in [0.25, 0.3) is 0 Å². The minimum Gasteiger partial charge on any atom is -0.365 e. The minimum atomic E-state index is -0.182. The number of pyridine rings is 1. The molecule has 1 atom stereocenters. The number of rotatable bonds is 5. The molecule has 0 aliphatic carbocycles. The monoisotopic (exact) mass is 316 g/mol. The second-order valence-electron chi connectivity index (χ2n) is 6.65. The molecule has 0 radical (unpaired) electrons. The van der Waals surface area contributed by atoms with Crippen molar-refractivity contribution in [3.63, 3.8) is 0 Å². The second-order valence-corrected chi connectivity index (χ2v) is 6.65. The van der Waals surface area contributed by atoms with E-state index in [2.05, 4.69) is 22.2 Å². The molecule has 1 aliphatic heterocycles. The van der Waals surface area contributed by atoms with Gasteiger partial charge in [0.2, 0.25) is 5.91 Å². The van der Waals surface area contributed by atoms with Crippen LogP contribution in [0.5, 0.6) is 0 Å². The van der Waals surface area contributed by atoms with Crippen LogP contribution in [0.15, 0.2) is 31.0 Å². The molecule has 0 aromatic carbocycles. The zero-order chi connectivity index (χ0) is 17.0. The SMILES string of the molecule is C=CCNC(=O)c1ccc(N[C@@H]2CC(=O)N(C(C)(C)C)C2)nc1. The van der Waals surface area contributed by atoms with Crippen molar-refractivity contribution in [3.05, 3.63) is 36.5 Å². The zero-order valence-corrected chi connectivity index (χ0v) is 13.9. The van der Waals surface area contributed by atoms with Crippen molar-refractivity contribution in [2.45, 2.75) is 38.8 Å². The Morgan fingerprint density at radius 3 is 2.74 bits per heavy atom. The van der Waals surface area contributed by atoms with E-state index in [1.54, 1.807) is 18.2 Å². The fourth-order valence-corrected chi connectivity index (χ4v) is 2.54. The molecule has 23 heavy (non-hydrogen) atoms. The second kappa shape index (κ2) is 6.81. The molecule has 0 bridgehead atoms. The summed E-state index contributed by atoms with van der Waals surface area (Å²) in [6, 6.07) is 3.51. The molecule has 6 nitrogen and oxygen atoms in total. The molecule has 6 heteroatoms. The van der Waals surface area contributed by atoms with Crippen molar-refractivity contribution in [2.75, 3.05) is 18.4 Å². The number of anilines is 1. The fourth-order valence-electron chi connectivity index (χ4n) is 2.54. The number of amides is 2. The molecule has 1 saturated heterocycles. The first-order chi connectivity index (χ1) is 10.8. The smallest absolute Gasteiger partial charge is 0.253 e. The molecule has 1 aromatic heterocycles. The van der Waals surface area contributed by atoms with Crippen molar-refractivity contribution in [1.29, 1.82) is 0 Å². The van der Waals surface area contributed by atoms with Crippen LogP contribution in [0.4, 0.5) is 5.82 Å². The van der Waals surface area contributed by atoms with E-state index in [1.807, 2.05) is 25.7 Å². The van der Waals surface area contributed by atoms with Crippen LogP contribution in [0, 0.1) is 0 Å². The maximum absolute atomic E-state index is 12.1. The average Bonchev–Trinajstić information content (AvgIpc) is 2.86. The van der Waals surface area contributed by atoms with E-state index < -0.39 is 0 Å². The van der Waals surface area contributed by atoms with Crippen LogP contribution in [0.2, 0.25) is 0 Å². The zero-order valence-electron chi connectivity index (χ0n) is 13.9. The Balaban J connectivity index is 1.95. The van der Waals surface area contributed by atoms with E-state index in [0.29, 0.717) is 30.9 Å². The first-order valence-corrected chi connectivity index (χ1v) is 7.73. The van der Waals surface area contributed by atoms with Gasteiger partial charge in [0.1, 0.15) is 5.82 Å². The van der Waals surface area contributed by atoms with Gasteiger partial charge in [-0.2, -0.15) is 0 Å². The van der Waals surface area contributed by atoms with Gasteiger partial charge in [-0.3, -0.25) is 9.59 Å². The molecule has 2 rings (SSSR count). The van der Waals surface area contributed by atoms with Gasteiger partial charge in [0.25, 0.3) is 5.91 Å². The molecule has 0 unspecified atom stereocenters. The van der Waals surface area contributed by atoms with Crippen LogP contribution in [-0.2, 0) is 4.79 Å². The molecule has 1 fully saturated rings. The highest BCUT2D eigenvalue weighted by atomic mass is 16.2. The quantitative estimate of drug-likeness (QED) is 0.813. The predicted molar refractivity (Wildman–Crippen MR) is 90.3 cm³/mol. The van der Waals surface area contributed by atoms with Crippen LogP contribution in [0.1, 0.15) is 37.6 Å². The van der Waals surface area contributed by atoms with Gasteiger partial charge in [-0.05, 0) is 32.9 Å². The molecule has 1 aromatic rings. The van der Waals surface area contributed by atoms with Crippen molar-refractivity contribution in [3.8, 4) is 0 Å². The molecular weight excluding hydrogens is 292 g/mol. The van der Waals surface area contributed by atoms with Crippen molar-refractivity contribution >= 4 is 17.6 Å². The van der Waals surface area contributed by atoms with Gasteiger partial charge in [0.05, 0.1) is 11.6 Å². The lowest BCUT2D eigenvalue weighted by molar-refractivity contribution is -0.131. The van der Waals surface area contributed by atoms with Crippen molar-refractivity contribution in [2.24, 2.45) is 0 Å². The number of carbonyl (C=O) groups excluding carboxylic acids is 2. The van der Waals surface area contributed by atoms with Crippen LogP contribution < -0.4 is 10.6 Å². The Hall–Kier alpha value is -2.37. The van der Waals surface area contributed by atoms with Crippen LogP contribution >= 0.6 is 0 Å². The number of nitrogens with one attached hydrogen (secondary N) is 2. The predicted octanol–water partition coefficient (Wildman–Crippen LogP) is 1.81. The van der Waals surface area contributed by atoms with E-state index in [9.17, 15) is 9.59 Å². The average molecular weight is 316 g/mol. The molecule has 0 saturated carbocycles. The van der Waals surface area contributed by atoms with Gasteiger partial charge in [-0.25, -0.2) is 4.98 Å². The maximum atomic E-state index is 12.1. The summed E-state index contributed by atoms with van der Waals surface area (Å²) in [6.07, 6.45) is 3.61. The first kappa shape index (κ1) is 17.0. The van der Waals surface area contributed by atoms with Gasteiger partial charge in [-0.15, -0.1) is 6.58 Å². The third-order valence-corrected chi connectivity index (χ3v) is 3.72. The Labute approximate surface area is 137 Å². The highest BCUT2D eigenvalue weighted by molar-refractivity contribution is 5.94.